The van der Waals surface area contributed by atoms with E-state index in [2.05, 4.69) is 21.2 Å². The number of nitrogens with one attached hydrogen (secondary N) is 1. The maximum Gasteiger partial charge on any atom is 0.335 e. The minimum absolute atomic E-state index is 0.00944. The highest BCUT2D eigenvalue weighted by atomic mass is 79.9. The van der Waals surface area contributed by atoms with Gasteiger partial charge in [0.15, 0.2) is 0 Å². The molecule has 1 fully saturated rings. The fourth-order valence-corrected chi connectivity index (χ4v) is 3.99. The summed E-state index contributed by atoms with van der Waals surface area (Å²) in [5.41, 5.74) is 0.777. The van der Waals surface area contributed by atoms with Gasteiger partial charge in [-0.25, -0.2) is 4.79 Å². The van der Waals surface area contributed by atoms with E-state index in [4.69, 9.17) is 4.74 Å². The topological polar surface area (TPSA) is 75.7 Å². The van der Waals surface area contributed by atoms with Crippen LogP contribution in [-0.4, -0.2) is 41.4 Å². The lowest BCUT2D eigenvalue weighted by Gasteiger charge is -2.39. The van der Waals surface area contributed by atoms with Crippen LogP contribution in [0.1, 0.15) is 32.3 Å². The molecule has 2 heterocycles. The summed E-state index contributed by atoms with van der Waals surface area (Å²) >= 11 is 3.46. The molecule has 2 aliphatic rings. The van der Waals surface area contributed by atoms with Crippen molar-refractivity contribution in [3.63, 3.8) is 0 Å². The van der Waals surface area contributed by atoms with Gasteiger partial charge < -0.3 is 15.0 Å². The predicted octanol–water partition coefficient (Wildman–Crippen LogP) is 2.32. The van der Waals surface area contributed by atoms with Crippen LogP contribution in [0.2, 0.25) is 0 Å². The second-order valence-corrected chi connectivity index (χ2v) is 7.52. The van der Waals surface area contributed by atoms with Crippen LogP contribution in [-0.2, 0) is 25.7 Å². The second-order valence-electron chi connectivity index (χ2n) is 6.66. The van der Waals surface area contributed by atoms with Gasteiger partial charge in [0, 0.05) is 49.4 Å². The molecule has 0 unspecified atom stereocenters. The van der Waals surface area contributed by atoms with Gasteiger partial charge in [0.25, 0.3) is 5.91 Å². The minimum atomic E-state index is -0.925. The molecule has 138 valence electrons. The third-order valence-electron chi connectivity index (χ3n) is 5.07. The lowest BCUT2D eigenvalue weighted by atomic mass is 9.82. The summed E-state index contributed by atoms with van der Waals surface area (Å²) in [6.45, 7) is 4.43. The van der Waals surface area contributed by atoms with Crippen LogP contribution in [0.5, 0.6) is 0 Å². The average molecular weight is 421 g/mol. The number of hydrogen-bond acceptors (Lipinski definition) is 4. The number of amides is 2. The Morgan fingerprint density at radius 2 is 1.92 bits per heavy atom. The molecule has 0 aromatic heterocycles. The van der Waals surface area contributed by atoms with Crippen molar-refractivity contribution in [2.75, 3.05) is 13.1 Å². The van der Waals surface area contributed by atoms with Gasteiger partial charge in [0.05, 0.1) is 5.57 Å². The lowest BCUT2D eigenvalue weighted by molar-refractivity contribution is -0.152. The molecule has 7 heteroatoms. The highest BCUT2D eigenvalue weighted by molar-refractivity contribution is 9.10. The summed E-state index contributed by atoms with van der Waals surface area (Å²) in [7, 11) is 0. The van der Waals surface area contributed by atoms with Gasteiger partial charge in [-0.2, -0.15) is 0 Å². The number of carbonyl (C=O) groups excluding carboxylic acids is 3. The largest absolute Gasteiger partial charge is 0.450 e. The van der Waals surface area contributed by atoms with Crippen molar-refractivity contribution in [2.24, 2.45) is 0 Å². The molecule has 0 atom stereocenters. The number of benzene rings is 1. The maximum atomic E-state index is 12.9. The Bertz CT molecular complexity index is 794. The quantitative estimate of drug-likeness (QED) is 0.761. The van der Waals surface area contributed by atoms with E-state index in [0.717, 1.165) is 10.0 Å². The monoisotopic (exact) mass is 420 g/mol. The molecule has 0 radical (unpaired) electrons. The van der Waals surface area contributed by atoms with Crippen molar-refractivity contribution in [3.8, 4) is 0 Å². The second kappa shape index (κ2) is 7.23. The van der Waals surface area contributed by atoms with Crippen molar-refractivity contribution in [1.82, 2.24) is 10.2 Å². The third kappa shape index (κ3) is 3.40. The zero-order valence-electron chi connectivity index (χ0n) is 14.8. The Balaban J connectivity index is 1.77. The standard InChI is InChI=1S/C19H21BrN2O4/c1-12-16(17(24)21-11-14-5-3-4-6-15(14)20)19(26-18(12)25)7-9-22(10-8-19)13(2)23/h3-6H,7-11H2,1-2H3,(H,21,24). The van der Waals surface area contributed by atoms with Crippen LogP contribution >= 0.6 is 15.9 Å². The highest BCUT2D eigenvalue weighted by Crippen LogP contribution is 2.41. The van der Waals surface area contributed by atoms with E-state index in [9.17, 15) is 14.4 Å². The summed E-state index contributed by atoms with van der Waals surface area (Å²) in [4.78, 5) is 38.3. The van der Waals surface area contributed by atoms with Crippen molar-refractivity contribution in [2.45, 2.75) is 38.8 Å². The van der Waals surface area contributed by atoms with Crippen molar-refractivity contribution in [3.05, 3.63) is 45.4 Å². The van der Waals surface area contributed by atoms with Crippen LogP contribution in [0.3, 0.4) is 0 Å². The van der Waals surface area contributed by atoms with Gasteiger partial charge in [0.2, 0.25) is 5.91 Å². The number of rotatable bonds is 3. The first kappa shape index (κ1) is 18.6. The zero-order chi connectivity index (χ0) is 18.9. The first-order valence-corrected chi connectivity index (χ1v) is 9.35. The molecule has 1 saturated heterocycles. The van der Waals surface area contributed by atoms with Crippen molar-refractivity contribution in [1.29, 1.82) is 0 Å². The summed E-state index contributed by atoms with van der Waals surface area (Å²) in [6, 6.07) is 7.64. The molecule has 1 N–H and O–H groups in total. The van der Waals surface area contributed by atoms with E-state index in [1.165, 1.54) is 6.92 Å². The minimum Gasteiger partial charge on any atom is -0.450 e. The van der Waals surface area contributed by atoms with E-state index in [1.54, 1.807) is 11.8 Å². The Hall–Kier alpha value is -2.15. The van der Waals surface area contributed by atoms with E-state index >= 15 is 0 Å². The molecule has 2 aliphatic heterocycles. The number of esters is 1. The van der Waals surface area contributed by atoms with Gasteiger partial charge in [0.1, 0.15) is 5.60 Å². The van der Waals surface area contributed by atoms with Gasteiger partial charge in [-0.05, 0) is 18.6 Å². The maximum absolute atomic E-state index is 12.9. The summed E-state index contributed by atoms with van der Waals surface area (Å²) < 4.78 is 6.53. The molecule has 1 spiro atoms. The van der Waals surface area contributed by atoms with Crippen LogP contribution in [0.15, 0.2) is 39.9 Å². The molecule has 26 heavy (non-hydrogen) atoms. The van der Waals surface area contributed by atoms with Crippen molar-refractivity contribution >= 4 is 33.7 Å². The van der Waals surface area contributed by atoms with Crippen LogP contribution in [0.4, 0.5) is 0 Å². The summed E-state index contributed by atoms with van der Waals surface area (Å²) in [5.74, 6) is -0.752. The molecule has 0 aliphatic carbocycles. The molecule has 0 bridgehead atoms. The predicted molar refractivity (Wildman–Crippen MR) is 99.0 cm³/mol. The smallest absolute Gasteiger partial charge is 0.335 e. The van der Waals surface area contributed by atoms with E-state index < -0.39 is 11.6 Å². The number of piperidine rings is 1. The Kier molecular flexibility index (Phi) is 5.18. The molecule has 2 amide bonds. The third-order valence-corrected chi connectivity index (χ3v) is 5.84. The Morgan fingerprint density at radius 1 is 1.27 bits per heavy atom. The molecule has 1 aromatic rings. The van der Waals surface area contributed by atoms with Gasteiger partial charge in [-0.3, -0.25) is 9.59 Å². The number of likely N-dealkylation sites (tertiary alicyclic amines) is 1. The molecular weight excluding hydrogens is 400 g/mol. The zero-order valence-corrected chi connectivity index (χ0v) is 16.4. The first-order chi connectivity index (χ1) is 12.3. The fraction of sp³-hybridized carbons (Fsp3) is 0.421. The fourth-order valence-electron chi connectivity index (χ4n) is 3.57. The number of ether oxygens (including phenoxy) is 1. The number of nitrogens with zero attached hydrogens (tertiary/aromatic N) is 1. The van der Waals surface area contributed by atoms with Crippen LogP contribution in [0.25, 0.3) is 0 Å². The molecule has 1 aromatic carbocycles. The first-order valence-electron chi connectivity index (χ1n) is 8.56. The summed E-state index contributed by atoms with van der Waals surface area (Å²) in [6.07, 6.45) is 0.876. The number of carbonyl (C=O) groups is 3. The lowest BCUT2D eigenvalue weighted by Crippen LogP contribution is -2.49. The van der Waals surface area contributed by atoms with Gasteiger partial charge >= 0.3 is 5.97 Å². The molecule has 3 rings (SSSR count). The van der Waals surface area contributed by atoms with E-state index in [0.29, 0.717) is 43.6 Å². The highest BCUT2D eigenvalue weighted by Gasteiger charge is 2.51. The van der Waals surface area contributed by atoms with Crippen LogP contribution < -0.4 is 5.32 Å². The summed E-state index contributed by atoms with van der Waals surface area (Å²) in [5, 5.41) is 2.90. The number of hydrogen-bond donors (Lipinski definition) is 1. The number of halogens is 1. The van der Waals surface area contributed by atoms with E-state index in [1.807, 2.05) is 24.3 Å². The van der Waals surface area contributed by atoms with Crippen molar-refractivity contribution < 1.29 is 19.1 Å². The molecule has 6 nitrogen and oxygen atoms in total. The van der Waals surface area contributed by atoms with Gasteiger partial charge in [-0.15, -0.1) is 0 Å². The molecule has 0 saturated carbocycles. The van der Waals surface area contributed by atoms with E-state index in [-0.39, 0.29) is 11.8 Å². The SMILES string of the molecule is CC(=O)N1CCC2(CC1)OC(=O)C(C)=C2C(=O)NCc1ccccc1Br. The Morgan fingerprint density at radius 3 is 2.54 bits per heavy atom. The van der Waals surface area contributed by atoms with Crippen LogP contribution in [0, 0.1) is 0 Å². The normalized spacial score (nSPS) is 18.9. The Labute approximate surface area is 160 Å². The average Bonchev–Trinajstić information content (AvgIpc) is 2.84. The molecular formula is C19H21BrN2O4. The van der Waals surface area contributed by atoms with Gasteiger partial charge in [-0.1, -0.05) is 34.1 Å².